The lowest BCUT2D eigenvalue weighted by atomic mass is 9.96. The molecule has 1 aliphatic heterocycles. The molecule has 1 fully saturated rings. The SMILES string of the molecule is CCC(C)(C(=O)O)n1nnnc1C1CCCOC1. The quantitative estimate of drug-likeness (QED) is 0.853. The fourth-order valence-electron chi connectivity index (χ4n) is 2.14. The Morgan fingerprint density at radius 3 is 3.00 bits per heavy atom. The number of ether oxygens (including phenoxy) is 1. The summed E-state index contributed by atoms with van der Waals surface area (Å²) in [7, 11) is 0. The van der Waals surface area contributed by atoms with E-state index >= 15 is 0 Å². The van der Waals surface area contributed by atoms with Gasteiger partial charge in [0, 0.05) is 12.5 Å². The Morgan fingerprint density at radius 2 is 2.44 bits per heavy atom. The molecule has 0 radical (unpaired) electrons. The molecule has 2 unspecified atom stereocenters. The Labute approximate surface area is 105 Å². The van der Waals surface area contributed by atoms with Crippen LogP contribution in [0.1, 0.15) is 44.9 Å². The molecular weight excluding hydrogens is 236 g/mol. The number of tetrazole rings is 1. The summed E-state index contributed by atoms with van der Waals surface area (Å²) in [5.74, 6) is -0.226. The first kappa shape index (κ1) is 12.9. The summed E-state index contributed by atoms with van der Waals surface area (Å²) in [5, 5.41) is 20.9. The summed E-state index contributed by atoms with van der Waals surface area (Å²) in [6.07, 6.45) is 2.31. The van der Waals surface area contributed by atoms with Gasteiger partial charge in [0.2, 0.25) is 0 Å². The molecule has 1 aliphatic rings. The second kappa shape index (κ2) is 5.01. The van der Waals surface area contributed by atoms with Gasteiger partial charge in [-0.2, -0.15) is 0 Å². The molecule has 1 aromatic rings. The van der Waals surface area contributed by atoms with E-state index in [1.165, 1.54) is 4.68 Å². The van der Waals surface area contributed by atoms with Crippen LogP contribution in [0.5, 0.6) is 0 Å². The molecule has 1 N–H and O–H groups in total. The van der Waals surface area contributed by atoms with Crippen LogP contribution in [0.3, 0.4) is 0 Å². The number of aliphatic carboxylic acids is 1. The minimum atomic E-state index is -1.10. The van der Waals surface area contributed by atoms with Crippen molar-refractivity contribution >= 4 is 5.97 Å². The molecule has 1 saturated heterocycles. The monoisotopic (exact) mass is 254 g/mol. The molecule has 2 rings (SSSR count). The van der Waals surface area contributed by atoms with Crippen LogP contribution in [0, 0.1) is 0 Å². The van der Waals surface area contributed by atoms with Crippen LogP contribution in [0.15, 0.2) is 0 Å². The molecule has 2 heterocycles. The van der Waals surface area contributed by atoms with Gasteiger partial charge in [0.05, 0.1) is 6.61 Å². The topological polar surface area (TPSA) is 90.1 Å². The fraction of sp³-hybridized carbons (Fsp3) is 0.818. The summed E-state index contributed by atoms with van der Waals surface area (Å²) in [4.78, 5) is 11.4. The average molecular weight is 254 g/mol. The maximum atomic E-state index is 11.4. The van der Waals surface area contributed by atoms with Gasteiger partial charge in [-0.25, -0.2) is 9.48 Å². The largest absolute Gasteiger partial charge is 0.479 e. The molecule has 7 nitrogen and oxygen atoms in total. The standard InChI is InChI=1S/C11H18N4O3/c1-3-11(2,10(16)17)15-9(12-13-14-15)8-5-4-6-18-7-8/h8H,3-7H2,1-2H3,(H,16,17). The molecule has 1 aromatic heterocycles. The molecule has 18 heavy (non-hydrogen) atoms. The molecule has 100 valence electrons. The third-order valence-corrected chi connectivity index (χ3v) is 3.64. The van der Waals surface area contributed by atoms with E-state index in [1.54, 1.807) is 6.92 Å². The molecule has 0 aliphatic carbocycles. The predicted molar refractivity (Wildman–Crippen MR) is 62.2 cm³/mol. The van der Waals surface area contributed by atoms with Crippen molar-refractivity contribution < 1.29 is 14.6 Å². The zero-order chi connectivity index (χ0) is 13.2. The molecule has 0 saturated carbocycles. The second-order valence-corrected chi connectivity index (χ2v) is 4.80. The maximum Gasteiger partial charge on any atom is 0.331 e. The molecule has 0 bridgehead atoms. The lowest BCUT2D eigenvalue weighted by molar-refractivity contribution is -0.147. The molecule has 0 amide bonds. The second-order valence-electron chi connectivity index (χ2n) is 4.80. The van der Waals surface area contributed by atoms with E-state index in [0.717, 1.165) is 19.4 Å². The van der Waals surface area contributed by atoms with Gasteiger partial charge in [-0.15, -0.1) is 5.10 Å². The van der Waals surface area contributed by atoms with Crippen LogP contribution in [-0.2, 0) is 15.1 Å². The summed E-state index contributed by atoms with van der Waals surface area (Å²) < 4.78 is 6.85. The van der Waals surface area contributed by atoms with Crippen molar-refractivity contribution in [3.63, 3.8) is 0 Å². The smallest absolute Gasteiger partial charge is 0.331 e. The Morgan fingerprint density at radius 1 is 1.67 bits per heavy atom. The van der Waals surface area contributed by atoms with Crippen molar-refractivity contribution in [2.45, 2.75) is 44.6 Å². The Hall–Kier alpha value is -1.50. The number of carbonyl (C=O) groups is 1. The highest BCUT2D eigenvalue weighted by atomic mass is 16.5. The number of aromatic nitrogens is 4. The average Bonchev–Trinajstić information content (AvgIpc) is 2.88. The van der Waals surface area contributed by atoms with Crippen molar-refractivity contribution in [1.29, 1.82) is 0 Å². The van der Waals surface area contributed by atoms with Crippen molar-refractivity contribution in [2.24, 2.45) is 0 Å². The van der Waals surface area contributed by atoms with Crippen LogP contribution >= 0.6 is 0 Å². The van der Waals surface area contributed by atoms with Gasteiger partial charge < -0.3 is 9.84 Å². The highest BCUT2D eigenvalue weighted by Crippen LogP contribution is 2.28. The van der Waals surface area contributed by atoms with E-state index in [1.807, 2.05) is 6.92 Å². The van der Waals surface area contributed by atoms with E-state index in [-0.39, 0.29) is 5.92 Å². The summed E-state index contributed by atoms with van der Waals surface area (Å²) >= 11 is 0. The number of nitrogens with zero attached hydrogens (tertiary/aromatic N) is 4. The van der Waals surface area contributed by atoms with Gasteiger partial charge in [-0.3, -0.25) is 0 Å². The summed E-state index contributed by atoms with van der Waals surface area (Å²) in [5.41, 5.74) is -1.10. The first-order valence-corrected chi connectivity index (χ1v) is 6.19. The van der Waals surface area contributed by atoms with Crippen LogP contribution in [0.4, 0.5) is 0 Å². The van der Waals surface area contributed by atoms with E-state index in [2.05, 4.69) is 15.5 Å². The zero-order valence-electron chi connectivity index (χ0n) is 10.7. The van der Waals surface area contributed by atoms with Crippen LogP contribution < -0.4 is 0 Å². The minimum Gasteiger partial charge on any atom is -0.479 e. The fourth-order valence-corrected chi connectivity index (χ4v) is 2.14. The van der Waals surface area contributed by atoms with Gasteiger partial charge in [0.25, 0.3) is 0 Å². The lowest BCUT2D eigenvalue weighted by Gasteiger charge is -2.27. The van der Waals surface area contributed by atoms with Crippen LogP contribution in [0.2, 0.25) is 0 Å². The molecule has 0 spiro atoms. The van der Waals surface area contributed by atoms with E-state index in [0.29, 0.717) is 18.9 Å². The number of rotatable bonds is 4. The Kier molecular flexibility index (Phi) is 3.60. The van der Waals surface area contributed by atoms with Gasteiger partial charge in [-0.05, 0) is 36.6 Å². The van der Waals surface area contributed by atoms with E-state index in [9.17, 15) is 9.90 Å². The molecular formula is C11H18N4O3. The van der Waals surface area contributed by atoms with Crippen molar-refractivity contribution in [2.75, 3.05) is 13.2 Å². The van der Waals surface area contributed by atoms with Crippen LogP contribution in [0.25, 0.3) is 0 Å². The van der Waals surface area contributed by atoms with Gasteiger partial charge in [-0.1, -0.05) is 6.92 Å². The highest BCUT2D eigenvalue weighted by Gasteiger charge is 2.38. The Balaban J connectivity index is 2.34. The third kappa shape index (κ3) is 2.10. The highest BCUT2D eigenvalue weighted by molar-refractivity contribution is 5.76. The van der Waals surface area contributed by atoms with Crippen molar-refractivity contribution in [3.05, 3.63) is 5.82 Å². The predicted octanol–water partition coefficient (Wildman–Crippen LogP) is 0.777. The molecule has 7 heteroatoms. The van der Waals surface area contributed by atoms with Gasteiger partial charge >= 0.3 is 5.97 Å². The summed E-state index contributed by atoms with van der Waals surface area (Å²) in [6.45, 7) is 4.76. The van der Waals surface area contributed by atoms with Gasteiger partial charge in [0.1, 0.15) is 0 Å². The summed E-state index contributed by atoms with van der Waals surface area (Å²) in [6, 6.07) is 0. The van der Waals surface area contributed by atoms with Crippen LogP contribution in [-0.4, -0.2) is 44.5 Å². The number of carboxylic acids is 1. The molecule has 2 atom stereocenters. The number of hydrogen-bond acceptors (Lipinski definition) is 5. The number of carboxylic acid groups (broad SMARTS) is 1. The maximum absolute atomic E-state index is 11.4. The van der Waals surface area contributed by atoms with E-state index in [4.69, 9.17) is 4.74 Å². The Bertz CT molecular complexity index is 428. The first-order chi connectivity index (χ1) is 8.59. The first-order valence-electron chi connectivity index (χ1n) is 6.19. The lowest BCUT2D eigenvalue weighted by Crippen LogP contribution is -2.41. The zero-order valence-corrected chi connectivity index (χ0v) is 10.7. The minimum absolute atomic E-state index is 0.0824. The third-order valence-electron chi connectivity index (χ3n) is 3.64. The van der Waals surface area contributed by atoms with Crippen molar-refractivity contribution in [3.8, 4) is 0 Å². The number of hydrogen-bond donors (Lipinski definition) is 1. The van der Waals surface area contributed by atoms with E-state index < -0.39 is 11.5 Å². The normalized spacial score (nSPS) is 23.6. The van der Waals surface area contributed by atoms with Gasteiger partial charge in [0.15, 0.2) is 11.4 Å². The molecule has 0 aromatic carbocycles. The van der Waals surface area contributed by atoms with Crippen molar-refractivity contribution in [1.82, 2.24) is 20.2 Å².